The molecule has 0 radical (unpaired) electrons. The molecule has 7 nitrogen and oxygen atoms in total. The molecule has 4 rings (SSSR count). The summed E-state index contributed by atoms with van der Waals surface area (Å²) in [6.07, 6.45) is 0.654. The van der Waals surface area contributed by atoms with E-state index in [9.17, 15) is 19.1 Å². The smallest absolute Gasteiger partial charge is 0.295 e. The summed E-state index contributed by atoms with van der Waals surface area (Å²) in [4.78, 5) is 28.8. The Kier molecular flexibility index (Phi) is 7.05. The Bertz CT molecular complexity index is 1060. The number of carbonyl (C=O) groups excluding carboxylic acids is 2. The van der Waals surface area contributed by atoms with Crippen molar-refractivity contribution in [3.05, 3.63) is 71.0 Å². The Morgan fingerprint density at radius 1 is 1.18 bits per heavy atom. The summed E-state index contributed by atoms with van der Waals surface area (Å²) in [6.45, 7) is 4.31. The van der Waals surface area contributed by atoms with E-state index in [2.05, 4.69) is 0 Å². The fourth-order valence-corrected chi connectivity index (χ4v) is 4.45. The molecule has 2 aliphatic rings. The summed E-state index contributed by atoms with van der Waals surface area (Å²) < 4.78 is 24.6. The van der Waals surface area contributed by atoms with E-state index in [0.717, 1.165) is 19.6 Å². The van der Waals surface area contributed by atoms with Gasteiger partial charge in [-0.05, 0) is 35.4 Å². The molecule has 0 aromatic heterocycles. The molecule has 2 aromatic rings. The number of amides is 1. The topological polar surface area (TPSA) is 83.3 Å². The molecule has 0 aliphatic carbocycles. The molecule has 1 unspecified atom stereocenters. The van der Waals surface area contributed by atoms with E-state index < -0.39 is 29.3 Å². The average molecular weight is 454 g/mol. The van der Waals surface area contributed by atoms with Gasteiger partial charge in [-0.25, -0.2) is 4.39 Å². The lowest BCUT2D eigenvalue weighted by molar-refractivity contribution is -0.908. The third-order valence-corrected chi connectivity index (χ3v) is 6.16. The van der Waals surface area contributed by atoms with Crippen molar-refractivity contribution in [3.8, 4) is 5.75 Å². The average Bonchev–Trinajstić information content (AvgIpc) is 3.09. The normalized spacial score (nSPS) is 20.9. The van der Waals surface area contributed by atoms with Crippen LogP contribution in [0.2, 0.25) is 0 Å². The molecule has 33 heavy (non-hydrogen) atoms. The molecular formula is C25H27FN2O5. The molecule has 1 N–H and O–H groups in total. The van der Waals surface area contributed by atoms with Gasteiger partial charge in [0.15, 0.2) is 0 Å². The highest BCUT2D eigenvalue weighted by Crippen LogP contribution is 2.39. The standard InChI is InChI=1S/C25H27FN2O5/c1-32-20-8-3-6-18(16-20)23(29)21-22(17-5-2-7-19(26)15-17)28(25(31)24(21)30)10-4-9-27-11-13-33-14-12-27/h2-3,5-8,15-16,22,29H,4,9-14H2,1H3. The number of ketones is 1. The third-order valence-electron chi connectivity index (χ3n) is 6.16. The van der Waals surface area contributed by atoms with E-state index in [1.807, 2.05) is 0 Å². The minimum Gasteiger partial charge on any atom is -0.872 e. The van der Waals surface area contributed by atoms with Gasteiger partial charge < -0.3 is 24.4 Å². The lowest BCUT2D eigenvalue weighted by Gasteiger charge is -2.29. The van der Waals surface area contributed by atoms with Gasteiger partial charge in [0, 0.05) is 18.5 Å². The van der Waals surface area contributed by atoms with Crippen molar-refractivity contribution in [2.24, 2.45) is 0 Å². The van der Waals surface area contributed by atoms with Crippen molar-refractivity contribution >= 4 is 17.4 Å². The molecule has 2 heterocycles. The van der Waals surface area contributed by atoms with Gasteiger partial charge in [-0.1, -0.05) is 30.0 Å². The van der Waals surface area contributed by atoms with Gasteiger partial charge in [0.25, 0.3) is 5.91 Å². The van der Waals surface area contributed by atoms with Crippen molar-refractivity contribution in [2.75, 3.05) is 46.5 Å². The molecule has 2 aromatic carbocycles. The Labute approximate surface area is 192 Å². The first kappa shape index (κ1) is 22.9. The minimum absolute atomic E-state index is 0.155. The maximum absolute atomic E-state index is 14.1. The first-order valence-corrected chi connectivity index (χ1v) is 11.1. The molecular weight excluding hydrogens is 427 g/mol. The quantitative estimate of drug-likeness (QED) is 0.371. The van der Waals surface area contributed by atoms with Gasteiger partial charge in [-0.2, -0.15) is 0 Å². The van der Waals surface area contributed by atoms with Crippen LogP contribution in [0.5, 0.6) is 5.75 Å². The number of methoxy groups -OCH3 is 1. The first-order chi connectivity index (χ1) is 16.0. The van der Waals surface area contributed by atoms with Gasteiger partial charge in [0.2, 0.25) is 5.78 Å². The van der Waals surface area contributed by atoms with E-state index >= 15 is 0 Å². The number of nitrogens with one attached hydrogen (secondary N) is 1. The van der Waals surface area contributed by atoms with Crippen molar-refractivity contribution in [1.82, 2.24) is 4.90 Å². The number of benzene rings is 2. The van der Waals surface area contributed by atoms with E-state index in [1.165, 1.54) is 41.2 Å². The number of hydrogen-bond acceptors (Lipinski definition) is 5. The number of Topliss-reactive ketones (excluding diaryl/α,β-unsaturated/α-hetero) is 1. The summed E-state index contributed by atoms with van der Waals surface area (Å²) in [5.41, 5.74) is 0.489. The second kappa shape index (κ2) is 10.1. The fourth-order valence-electron chi connectivity index (χ4n) is 4.45. The highest BCUT2D eigenvalue weighted by molar-refractivity contribution is 6.46. The molecule has 1 atom stereocenters. The monoisotopic (exact) mass is 454 g/mol. The van der Waals surface area contributed by atoms with Gasteiger partial charge in [0.05, 0.1) is 32.9 Å². The van der Waals surface area contributed by atoms with Crippen LogP contribution in [0.25, 0.3) is 5.76 Å². The maximum Gasteiger partial charge on any atom is 0.295 e. The van der Waals surface area contributed by atoms with Crippen LogP contribution in [0.4, 0.5) is 4.39 Å². The Balaban J connectivity index is 1.68. The van der Waals surface area contributed by atoms with Gasteiger partial charge in [-0.3, -0.25) is 9.59 Å². The van der Waals surface area contributed by atoms with Crippen LogP contribution in [-0.2, 0) is 14.3 Å². The molecule has 0 spiro atoms. The Morgan fingerprint density at radius 2 is 1.94 bits per heavy atom. The van der Waals surface area contributed by atoms with Crippen LogP contribution in [0, 0.1) is 5.82 Å². The number of hydrogen-bond donors (Lipinski definition) is 1. The zero-order valence-corrected chi connectivity index (χ0v) is 18.5. The zero-order valence-electron chi connectivity index (χ0n) is 18.5. The molecule has 2 saturated heterocycles. The highest BCUT2D eigenvalue weighted by Gasteiger charge is 2.44. The largest absolute Gasteiger partial charge is 0.872 e. The van der Waals surface area contributed by atoms with Crippen molar-refractivity contribution < 1.29 is 33.5 Å². The number of carbonyl (C=O) groups is 2. The zero-order chi connectivity index (χ0) is 23.4. The Hall–Kier alpha value is -3.23. The lowest BCUT2D eigenvalue weighted by atomic mass is 9.95. The van der Waals surface area contributed by atoms with E-state index in [4.69, 9.17) is 9.47 Å². The van der Waals surface area contributed by atoms with Gasteiger partial charge in [0.1, 0.15) is 24.7 Å². The maximum atomic E-state index is 14.1. The fraction of sp³-hybridized carbons (Fsp3) is 0.360. The number of likely N-dealkylation sites (tertiary alicyclic amines) is 1. The van der Waals surface area contributed by atoms with Crippen molar-refractivity contribution in [2.45, 2.75) is 12.5 Å². The molecule has 174 valence electrons. The molecule has 2 fully saturated rings. The van der Waals surface area contributed by atoms with Gasteiger partial charge >= 0.3 is 0 Å². The number of rotatable bonds is 7. The summed E-state index contributed by atoms with van der Waals surface area (Å²) in [5.74, 6) is -2.15. The van der Waals surface area contributed by atoms with Gasteiger partial charge in [-0.15, -0.1) is 0 Å². The van der Waals surface area contributed by atoms with Crippen molar-refractivity contribution in [1.29, 1.82) is 0 Å². The molecule has 0 bridgehead atoms. The molecule has 8 heteroatoms. The molecule has 1 amide bonds. The minimum atomic E-state index is -0.931. The van der Waals surface area contributed by atoms with Crippen LogP contribution >= 0.6 is 0 Å². The molecule has 0 saturated carbocycles. The second-order valence-electron chi connectivity index (χ2n) is 8.23. The Morgan fingerprint density at radius 3 is 2.67 bits per heavy atom. The number of ether oxygens (including phenoxy) is 2. The summed E-state index contributed by atoms with van der Waals surface area (Å²) in [6, 6.07) is 11.2. The third kappa shape index (κ3) is 4.91. The van der Waals surface area contributed by atoms with E-state index in [0.29, 0.717) is 37.5 Å². The lowest BCUT2D eigenvalue weighted by Crippen LogP contribution is -3.14. The molecule has 2 aliphatic heterocycles. The first-order valence-electron chi connectivity index (χ1n) is 11.1. The van der Waals surface area contributed by atoms with Crippen LogP contribution in [-0.4, -0.2) is 63.1 Å². The second-order valence-corrected chi connectivity index (χ2v) is 8.23. The van der Waals surface area contributed by atoms with Crippen LogP contribution < -0.4 is 14.7 Å². The number of halogens is 1. The summed E-state index contributed by atoms with van der Waals surface area (Å²) in [5, 5.41) is 13.4. The van der Waals surface area contributed by atoms with Crippen LogP contribution in [0.15, 0.2) is 54.1 Å². The number of nitrogens with zero attached hydrogens (tertiary/aromatic N) is 1. The van der Waals surface area contributed by atoms with E-state index in [-0.39, 0.29) is 11.1 Å². The predicted molar refractivity (Wildman–Crippen MR) is 117 cm³/mol. The number of morpholine rings is 1. The van der Waals surface area contributed by atoms with E-state index in [1.54, 1.807) is 24.3 Å². The summed E-state index contributed by atoms with van der Waals surface area (Å²) in [7, 11) is 1.48. The van der Waals surface area contributed by atoms with Crippen LogP contribution in [0.1, 0.15) is 23.6 Å². The van der Waals surface area contributed by atoms with Crippen LogP contribution in [0.3, 0.4) is 0 Å². The predicted octanol–water partition coefficient (Wildman–Crippen LogP) is 0.364. The highest BCUT2D eigenvalue weighted by atomic mass is 19.1. The summed E-state index contributed by atoms with van der Waals surface area (Å²) >= 11 is 0. The van der Waals surface area contributed by atoms with Crippen molar-refractivity contribution in [3.63, 3.8) is 0 Å². The number of quaternary nitrogens is 1. The SMILES string of the molecule is COc1cccc(C([O-])=C2C(=O)C(=O)N(CCC[NH+]3CCOCC3)C2c2cccc(F)c2)c1.